The highest BCUT2D eigenvalue weighted by Crippen LogP contribution is 2.57. The molecule has 600 valence electrons. The number of nitrogens with zero attached hydrogens (tertiary/aromatic N) is 6. The zero-order valence-electron chi connectivity index (χ0n) is 60.7. The summed E-state index contributed by atoms with van der Waals surface area (Å²) >= 11 is 19.0. The monoisotopic (exact) mass is 1700 g/mol. The Kier molecular flexibility index (Phi) is 28.5. The molecule has 0 spiro atoms. The number of oxime groups is 2. The Morgan fingerprint density at radius 3 is 1.38 bits per heavy atom. The predicted octanol–water partition coefficient (Wildman–Crippen LogP) is 7.41. The van der Waals surface area contributed by atoms with E-state index in [1.807, 2.05) is 24.3 Å². The SMILES string of the molecule is COC[C@H](CS[C@]1(C(=O)O)CN2C(=O)[C@@H](CC(=O)/C(=N\OC(C)(C)C(=O)O)c3csc(N)n3)C2S1)NC(=O)c1ccc(O)c(O)c1Cl.COC[C@H](CS[C@]1(C(=O)O)CN2C(=O)[C@@H](CC(=O)/C(=N\OC(C)(C)C(=O)O)c3csc(N)n3)C2S1)NC(=O)c1ccc(OCc2ccc(OC)cc2)c(OCc2ccc(OC)cc2)c1Cl. The number of ether oxygens (including phenoxy) is 6. The van der Waals surface area contributed by atoms with Gasteiger partial charge in [-0.05, 0) is 87.4 Å². The number of amides is 4. The van der Waals surface area contributed by atoms with Gasteiger partial charge in [-0.15, -0.1) is 69.7 Å². The summed E-state index contributed by atoms with van der Waals surface area (Å²) in [6.07, 6.45) is -0.774. The number of aliphatic carboxylic acids is 4. The third-order valence-electron chi connectivity index (χ3n) is 17.3. The molecule has 34 nitrogen and oxygen atoms in total. The number of anilines is 2. The van der Waals surface area contributed by atoms with E-state index in [1.165, 1.54) is 74.6 Å². The van der Waals surface area contributed by atoms with Crippen molar-refractivity contribution < 1.29 is 117 Å². The molecule has 0 bridgehead atoms. The first-order valence-electron chi connectivity index (χ1n) is 33.3. The lowest BCUT2D eigenvalue weighted by Crippen LogP contribution is -2.57. The van der Waals surface area contributed by atoms with Crippen LogP contribution in [0.25, 0.3) is 0 Å². The van der Waals surface area contributed by atoms with E-state index in [1.54, 1.807) is 44.6 Å². The van der Waals surface area contributed by atoms with Crippen LogP contribution in [0.1, 0.15) is 83.8 Å². The molecule has 4 aromatic carbocycles. The lowest BCUT2D eigenvalue weighted by Gasteiger charge is -2.41. The van der Waals surface area contributed by atoms with E-state index < -0.39 is 125 Å². The number of fused-ring (bicyclic) bond motifs is 2. The van der Waals surface area contributed by atoms with Crippen molar-refractivity contribution in [2.24, 2.45) is 22.1 Å². The van der Waals surface area contributed by atoms with E-state index in [2.05, 4.69) is 30.9 Å². The van der Waals surface area contributed by atoms with Crippen LogP contribution in [-0.2, 0) is 70.7 Å². The average molecular weight is 1700 g/mol. The van der Waals surface area contributed by atoms with Crippen molar-refractivity contribution in [3.05, 3.63) is 127 Å². The second kappa shape index (κ2) is 37.0. The molecule has 42 heteroatoms. The van der Waals surface area contributed by atoms with Gasteiger partial charge in [-0.1, -0.05) is 57.8 Å². The molecule has 2 aromatic heterocycles. The Morgan fingerprint density at radius 1 is 0.607 bits per heavy atom. The second-order valence-corrected chi connectivity index (χ2v) is 34.6. The van der Waals surface area contributed by atoms with Crippen LogP contribution in [0.4, 0.5) is 10.3 Å². The van der Waals surface area contributed by atoms with Crippen molar-refractivity contribution in [1.29, 1.82) is 0 Å². The molecule has 2 unspecified atom stereocenters. The molecule has 4 aliphatic rings. The lowest BCUT2D eigenvalue weighted by atomic mass is 9.90. The molecule has 0 saturated carbocycles. The first-order valence-corrected chi connectivity index (χ1v) is 39.6. The summed E-state index contributed by atoms with van der Waals surface area (Å²) in [7, 11) is 5.96. The summed E-state index contributed by atoms with van der Waals surface area (Å²) in [5.41, 5.74) is 8.89. The van der Waals surface area contributed by atoms with E-state index in [-0.39, 0.29) is 130 Å². The van der Waals surface area contributed by atoms with Gasteiger partial charge in [0.05, 0.1) is 96.4 Å². The molecular weight excluding hydrogens is 1630 g/mol. The van der Waals surface area contributed by atoms with Crippen LogP contribution >= 0.6 is 92.9 Å². The van der Waals surface area contributed by atoms with Gasteiger partial charge >= 0.3 is 23.9 Å². The van der Waals surface area contributed by atoms with E-state index in [0.29, 0.717) is 11.5 Å². The van der Waals surface area contributed by atoms with Gasteiger partial charge in [0, 0.05) is 49.3 Å². The van der Waals surface area contributed by atoms with Crippen LogP contribution < -0.4 is 41.0 Å². The normalized spacial score (nSPS) is 19.8. The zero-order chi connectivity index (χ0) is 81.9. The fraction of sp³-hybridized carbons (Fsp3) is 0.400. The van der Waals surface area contributed by atoms with Gasteiger partial charge in [0.2, 0.25) is 23.0 Å². The third-order valence-corrected chi connectivity index (χ3v) is 26.4. The summed E-state index contributed by atoms with van der Waals surface area (Å²) in [6.45, 7) is 4.80. The number of rotatable bonds is 38. The van der Waals surface area contributed by atoms with Crippen molar-refractivity contribution >= 4 is 174 Å². The van der Waals surface area contributed by atoms with Crippen LogP contribution in [0.5, 0.6) is 34.5 Å². The number of β-lactam (4-membered cyclic amide) rings is 2. The van der Waals surface area contributed by atoms with E-state index in [4.69, 9.17) is 72.8 Å². The van der Waals surface area contributed by atoms with Gasteiger partial charge in [-0.3, -0.25) is 28.8 Å². The number of Topliss-reactive ketones (excluding diaryl/α,β-unsaturated/α-hetero) is 2. The van der Waals surface area contributed by atoms with E-state index in [9.17, 15) is 78.6 Å². The van der Waals surface area contributed by atoms with Crippen molar-refractivity contribution in [1.82, 2.24) is 30.4 Å². The van der Waals surface area contributed by atoms with Crippen LogP contribution in [-0.4, -0.2) is 229 Å². The minimum absolute atomic E-state index is 0.00614. The van der Waals surface area contributed by atoms with Crippen molar-refractivity contribution in [3.63, 3.8) is 0 Å². The number of thiazole rings is 2. The Hall–Kier alpha value is -9.52. The summed E-state index contributed by atoms with van der Waals surface area (Å²) in [6, 6.07) is 18.5. The molecule has 4 amide bonds. The number of phenols is 2. The average Bonchev–Trinajstić information content (AvgIpc) is 1.58. The van der Waals surface area contributed by atoms with E-state index in [0.717, 1.165) is 86.9 Å². The van der Waals surface area contributed by atoms with Gasteiger partial charge in [-0.25, -0.2) is 29.1 Å². The fourth-order valence-corrected chi connectivity index (χ4v) is 19.0. The number of aromatic nitrogens is 2. The number of carboxylic acid groups (broad SMARTS) is 4. The number of nitrogens with two attached hydrogens (primary N) is 2. The highest BCUT2D eigenvalue weighted by molar-refractivity contribution is 8.20. The number of benzene rings is 4. The summed E-state index contributed by atoms with van der Waals surface area (Å²) in [4.78, 5) is 150. The van der Waals surface area contributed by atoms with Gasteiger partial charge in [0.25, 0.3) is 11.8 Å². The fourth-order valence-electron chi connectivity index (χ4n) is 11.0. The Bertz CT molecular complexity index is 4630. The topological polar surface area (TPSA) is 499 Å². The molecule has 8 atom stereocenters. The zero-order valence-corrected chi connectivity index (χ0v) is 67.1. The van der Waals surface area contributed by atoms with Crippen LogP contribution in [0.3, 0.4) is 0 Å². The smallest absolute Gasteiger partial charge is 0.350 e. The number of nitrogens with one attached hydrogen (secondary N) is 2. The molecule has 4 fully saturated rings. The number of carbonyl (C=O) groups excluding carboxylic acids is 6. The molecule has 0 radical (unpaired) electrons. The Morgan fingerprint density at radius 2 is 1.01 bits per heavy atom. The number of thioether (sulfide) groups is 4. The maximum Gasteiger partial charge on any atom is 0.350 e. The quantitative estimate of drug-likeness (QED) is 0.00780. The summed E-state index contributed by atoms with van der Waals surface area (Å²) in [5.74, 6) is -9.85. The number of hydrogen-bond acceptors (Lipinski definition) is 32. The molecular formula is C70H76Cl2N10O24S6. The van der Waals surface area contributed by atoms with Crippen molar-refractivity contribution in [2.45, 2.75) is 95.9 Å². The number of halogens is 2. The number of carboxylic acids is 4. The highest BCUT2D eigenvalue weighted by atomic mass is 35.5. The predicted molar refractivity (Wildman–Crippen MR) is 417 cm³/mol. The number of aromatic hydroxyl groups is 2. The molecule has 10 rings (SSSR count). The third kappa shape index (κ3) is 20.1. The number of hydrogen-bond donors (Lipinski definition) is 10. The first kappa shape index (κ1) is 86.5. The van der Waals surface area contributed by atoms with Crippen molar-refractivity contribution in [2.75, 3.05) is 77.7 Å². The number of methoxy groups -OCH3 is 4. The minimum Gasteiger partial charge on any atom is -0.504 e. The van der Waals surface area contributed by atoms with Crippen LogP contribution in [0.2, 0.25) is 10.0 Å². The number of carbonyl (C=O) groups is 10. The molecule has 6 heterocycles. The summed E-state index contributed by atoms with van der Waals surface area (Å²) in [5, 5.41) is 73.7. The van der Waals surface area contributed by atoms with Crippen LogP contribution in [0.15, 0.2) is 93.9 Å². The Balaban J connectivity index is 0.000000271. The van der Waals surface area contributed by atoms with Gasteiger partial charge < -0.3 is 101 Å². The molecule has 4 aliphatic heterocycles. The lowest BCUT2D eigenvalue weighted by molar-refractivity contribution is -0.161. The maximum atomic E-state index is 14.0. The highest BCUT2D eigenvalue weighted by Gasteiger charge is 2.64. The van der Waals surface area contributed by atoms with Crippen molar-refractivity contribution in [3.8, 4) is 34.5 Å². The van der Waals surface area contributed by atoms with Gasteiger partial charge in [0.15, 0.2) is 64.4 Å². The maximum absolute atomic E-state index is 14.0. The molecule has 12 N–H and O–H groups in total. The summed E-state index contributed by atoms with van der Waals surface area (Å²) < 4.78 is 30.3. The standard InChI is InChI=1S/C43H46ClN5O13S3.C27H30ClN5O11S3/c1-42(2,39(53)54)62-48-34(30-21-63-41(45)47-30)31(50)16-29-37(52)49-22-43(40(55)56,65-38(29)49)64-20-25(19-57-3)46-36(51)28-14-15-32(60-17-23-6-10-26(58-4)11-7-23)35(33(28)44)61-18-24-8-12-27(59-5)13-9-24;1-26(2,23(39)40)44-32-18(14-9-45-25(29)31-14)16(35)6-13-21(38)33-10-27(24(41)42,47-22(13)33)46-8-11(7-43-3)30-20(37)12-4-5-15(34)19(36)17(12)28/h6-15,21,25,29,38H,16-20,22H2,1-5H3,(H2,45,47)(H,46,51)(H,53,54)(H,55,56);4-5,9,11,13,22,34,36H,6-8,10H2,1-3H3,(H2,29,31)(H,30,37)(H,39,40)(H,41,42)/b48-34-;32-18-/t25-,29-,38?,43-;11-,13-,22?,27-/m11/s1. The van der Waals surface area contributed by atoms with E-state index >= 15 is 0 Å². The number of phenolic OH excluding ortho intramolecular Hbond substituents is 2. The first-order chi connectivity index (χ1) is 53.0. The number of nitrogen functional groups attached to an aromatic ring is 2. The second-order valence-electron chi connectivity index (χ2n) is 26.1. The minimum atomic E-state index is -1.80. The Labute approximate surface area is 673 Å². The van der Waals surface area contributed by atoms with Gasteiger partial charge in [0.1, 0.15) is 36.1 Å². The largest absolute Gasteiger partial charge is 0.504 e. The number of ketones is 2. The van der Waals surface area contributed by atoms with Crippen LogP contribution in [0, 0.1) is 11.8 Å². The molecule has 6 aromatic rings. The molecule has 4 saturated heterocycles. The molecule has 112 heavy (non-hydrogen) atoms. The molecule has 0 aliphatic carbocycles. The van der Waals surface area contributed by atoms with Gasteiger partial charge in [-0.2, -0.15) is 0 Å².